The van der Waals surface area contributed by atoms with Crippen molar-refractivity contribution in [3.8, 4) is 0 Å². The molecule has 2 aromatic rings. The van der Waals surface area contributed by atoms with Crippen molar-refractivity contribution < 1.29 is 22.7 Å². The summed E-state index contributed by atoms with van der Waals surface area (Å²) < 4.78 is 40.2. The summed E-state index contributed by atoms with van der Waals surface area (Å²) in [6.45, 7) is 0. The Morgan fingerprint density at radius 3 is 2.57 bits per heavy atom. The van der Waals surface area contributed by atoms with Crippen LogP contribution in [0.3, 0.4) is 0 Å². The molecule has 0 aliphatic carbocycles. The highest BCUT2D eigenvalue weighted by Gasteiger charge is 2.21. The molecule has 0 radical (unpaired) electrons. The third-order valence-corrected chi connectivity index (χ3v) is 4.11. The first-order chi connectivity index (χ1) is 9.79. The summed E-state index contributed by atoms with van der Waals surface area (Å²) in [4.78, 5) is 17.5. The van der Waals surface area contributed by atoms with Crippen LogP contribution in [-0.4, -0.2) is 29.5 Å². The molecule has 0 saturated heterocycles. The maximum absolute atomic E-state index is 13.6. The highest BCUT2D eigenvalue weighted by molar-refractivity contribution is 9.10. The minimum absolute atomic E-state index is 0.127. The van der Waals surface area contributed by atoms with E-state index in [4.69, 9.17) is 5.11 Å². The summed E-state index contributed by atoms with van der Waals surface area (Å²) in [6.07, 6.45) is 2.38. The van der Waals surface area contributed by atoms with Gasteiger partial charge in [-0.05, 0) is 34.1 Å². The van der Waals surface area contributed by atoms with Gasteiger partial charge in [-0.25, -0.2) is 27.6 Å². The van der Waals surface area contributed by atoms with Gasteiger partial charge in [0.1, 0.15) is 15.3 Å². The monoisotopic (exact) mass is 375 g/mol. The molecule has 0 amide bonds. The maximum atomic E-state index is 13.6. The van der Waals surface area contributed by atoms with Crippen molar-refractivity contribution in [2.45, 2.75) is 4.90 Å². The number of benzene rings is 1. The zero-order chi connectivity index (χ0) is 15.6. The highest BCUT2D eigenvalue weighted by Crippen LogP contribution is 2.19. The van der Waals surface area contributed by atoms with Gasteiger partial charge in [-0.1, -0.05) is 0 Å². The molecule has 0 bridgehead atoms. The lowest BCUT2D eigenvalue weighted by Gasteiger charge is -2.08. The standard InChI is InChI=1S/C11H7BrFN3O4S/c12-9-4-15-10(5-14-9)16-21(19,20)8-3-6(11(17)18)1-2-7(8)13/h1-5H,(H,15,16)(H,17,18). The zero-order valence-electron chi connectivity index (χ0n) is 10.1. The van der Waals surface area contributed by atoms with Gasteiger partial charge in [-0.2, -0.15) is 0 Å². The Morgan fingerprint density at radius 2 is 2.00 bits per heavy atom. The SMILES string of the molecule is O=C(O)c1ccc(F)c(S(=O)(=O)Nc2cnc(Br)cn2)c1. The molecule has 1 aromatic carbocycles. The second kappa shape index (κ2) is 5.74. The van der Waals surface area contributed by atoms with Crippen molar-refractivity contribution in [1.29, 1.82) is 0 Å². The van der Waals surface area contributed by atoms with Gasteiger partial charge in [0.05, 0.1) is 18.0 Å². The summed E-state index contributed by atoms with van der Waals surface area (Å²) >= 11 is 3.03. The molecule has 21 heavy (non-hydrogen) atoms. The first kappa shape index (κ1) is 15.3. The van der Waals surface area contributed by atoms with Crippen molar-refractivity contribution in [3.63, 3.8) is 0 Å². The summed E-state index contributed by atoms with van der Waals surface area (Å²) in [6, 6.07) is 2.47. The third-order valence-electron chi connectivity index (χ3n) is 2.33. The molecule has 0 aliphatic heterocycles. The predicted octanol–water partition coefficient (Wildman–Crippen LogP) is 1.88. The summed E-state index contributed by atoms with van der Waals surface area (Å²) in [5.41, 5.74) is -0.348. The van der Waals surface area contributed by atoms with Crippen molar-refractivity contribution in [3.05, 3.63) is 46.6 Å². The van der Waals surface area contributed by atoms with Gasteiger partial charge < -0.3 is 5.11 Å². The van der Waals surface area contributed by atoms with E-state index in [1.165, 1.54) is 6.20 Å². The minimum atomic E-state index is -4.32. The number of nitrogens with one attached hydrogen (secondary N) is 1. The number of aromatic carboxylic acids is 1. The maximum Gasteiger partial charge on any atom is 0.335 e. The van der Waals surface area contributed by atoms with Crippen LogP contribution in [0.25, 0.3) is 0 Å². The van der Waals surface area contributed by atoms with E-state index in [-0.39, 0.29) is 11.4 Å². The molecule has 0 spiro atoms. The molecule has 2 rings (SSSR count). The Labute approximate surface area is 127 Å². The van der Waals surface area contributed by atoms with E-state index in [0.717, 1.165) is 24.4 Å². The molecular formula is C11H7BrFN3O4S. The van der Waals surface area contributed by atoms with E-state index in [9.17, 15) is 17.6 Å². The molecule has 0 saturated carbocycles. The Hall–Kier alpha value is -2.07. The van der Waals surface area contributed by atoms with Gasteiger partial charge in [-0.15, -0.1) is 0 Å². The molecular weight excluding hydrogens is 369 g/mol. The Kier molecular flexibility index (Phi) is 4.19. The van der Waals surface area contributed by atoms with Crippen LogP contribution in [-0.2, 0) is 10.0 Å². The fraction of sp³-hybridized carbons (Fsp3) is 0. The summed E-state index contributed by atoms with van der Waals surface area (Å²) in [5.74, 6) is -2.56. The molecule has 1 heterocycles. The molecule has 110 valence electrons. The normalized spacial score (nSPS) is 11.1. The Balaban J connectivity index is 2.41. The number of carbonyl (C=O) groups is 1. The fourth-order valence-electron chi connectivity index (χ4n) is 1.40. The lowest BCUT2D eigenvalue weighted by Crippen LogP contribution is -2.16. The zero-order valence-corrected chi connectivity index (χ0v) is 12.5. The van der Waals surface area contributed by atoms with Gasteiger partial charge in [0, 0.05) is 0 Å². The van der Waals surface area contributed by atoms with Gasteiger partial charge in [0.2, 0.25) is 0 Å². The van der Waals surface area contributed by atoms with Crippen molar-refractivity contribution >= 4 is 37.7 Å². The number of carboxylic acid groups (broad SMARTS) is 1. The number of hydrogen-bond acceptors (Lipinski definition) is 5. The van der Waals surface area contributed by atoms with Crippen LogP contribution in [0.15, 0.2) is 40.1 Å². The van der Waals surface area contributed by atoms with E-state index in [1.807, 2.05) is 4.72 Å². The van der Waals surface area contributed by atoms with Crippen LogP contribution in [0, 0.1) is 5.82 Å². The topological polar surface area (TPSA) is 109 Å². The molecule has 2 N–H and O–H groups in total. The quantitative estimate of drug-likeness (QED) is 0.843. The predicted molar refractivity (Wildman–Crippen MR) is 73.9 cm³/mol. The van der Waals surface area contributed by atoms with Crippen molar-refractivity contribution in [1.82, 2.24) is 9.97 Å². The number of anilines is 1. The van der Waals surface area contributed by atoms with Crippen molar-refractivity contribution in [2.75, 3.05) is 4.72 Å². The van der Waals surface area contributed by atoms with Gasteiger partial charge >= 0.3 is 5.97 Å². The molecule has 0 unspecified atom stereocenters. The number of hydrogen-bond donors (Lipinski definition) is 2. The van der Waals surface area contributed by atoms with Crippen LogP contribution >= 0.6 is 15.9 Å². The van der Waals surface area contributed by atoms with Crippen LogP contribution in [0.1, 0.15) is 10.4 Å². The average Bonchev–Trinajstić information content (AvgIpc) is 2.41. The smallest absolute Gasteiger partial charge is 0.335 e. The number of carboxylic acids is 1. The first-order valence-corrected chi connectivity index (χ1v) is 7.60. The van der Waals surface area contributed by atoms with Gasteiger partial charge in [0.15, 0.2) is 5.82 Å². The van der Waals surface area contributed by atoms with E-state index in [0.29, 0.717) is 4.60 Å². The minimum Gasteiger partial charge on any atom is -0.478 e. The number of nitrogens with zero attached hydrogens (tertiary/aromatic N) is 2. The third kappa shape index (κ3) is 3.52. The lowest BCUT2D eigenvalue weighted by atomic mass is 10.2. The van der Waals surface area contributed by atoms with E-state index in [1.54, 1.807) is 0 Å². The number of sulfonamides is 1. The summed E-state index contributed by atoms with van der Waals surface area (Å²) in [7, 11) is -4.32. The van der Waals surface area contributed by atoms with Gasteiger partial charge in [0.25, 0.3) is 10.0 Å². The lowest BCUT2D eigenvalue weighted by molar-refractivity contribution is 0.0696. The van der Waals surface area contributed by atoms with Gasteiger partial charge in [-0.3, -0.25) is 4.72 Å². The molecule has 1 aromatic heterocycles. The number of aromatic nitrogens is 2. The van der Waals surface area contributed by atoms with Crippen LogP contribution in [0.2, 0.25) is 0 Å². The first-order valence-electron chi connectivity index (χ1n) is 5.33. The second-order valence-corrected chi connectivity index (χ2v) is 6.24. The molecule has 0 atom stereocenters. The van der Waals surface area contributed by atoms with E-state index < -0.39 is 26.7 Å². The van der Waals surface area contributed by atoms with Crippen LogP contribution in [0.5, 0.6) is 0 Å². The Bertz CT molecular complexity index is 796. The largest absolute Gasteiger partial charge is 0.478 e. The number of halogens is 2. The molecule has 10 heteroatoms. The highest BCUT2D eigenvalue weighted by atomic mass is 79.9. The fourth-order valence-corrected chi connectivity index (χ4v) is 2.70. The average molecular weight is 376 g/mol. The molecule has 0 aliphatic rings. The second-order valence-electron chi connectivity index (χ2n) is 3.78. The molecule has 0 fully saturated rings. The van der Waals surface area contributed by atoms with Crippen LogP contribution < -0.4 is 4.72 Å². The number of rotatable bonds is 4. The van der Waals surface area contributed by atoms with Crippen LogP contribution in [0.4, 0.5) is 10.2 Å². The molecule has 7 nitrogen and oxygen atoms in total. The van der Waals surface area contributed by atoms with E-state index >= 15 is 0 Å². The summed E-state index contributed by atoms with van der Waals surface area (Å²) in [5, 5.41) is 8.82. The Morgan fingerprint density at radius 1 is 1.29 bits per heavy atom. The van der Waals surface area contributed by atoms with Crippen molar-refractivity contribution in [2.24, 2.45) is 0 Å². The van der Waals surface area contributed by atoms with E-state index in [2.05, 4.69) is 25.9 Å².